The van der Waals surface area contributed by atoms with Gasteiger partial charge in [0.25, 0.3) is 5.69 Å². The largest absolute Gasteiger partial charge is 0.495 e. The molecular weight excluding hydrogens is 326 g/mol. The van der Waals surface area contributed by atoms with Crippen LogP contribution in [0.25, 0.3) is 10.8 Å². The highest BCUT2D eigenvalue weighted by Crippen LogP contribution is 2.41. The van der Waals surface area contributed by atoms with Gasteiger partial charge in [0.2, 0.25) is 0 Å². The minimum atomic E-state index is -1.40. The van der Waals surface area contributed by atoms with Crippen molar-refractivity contribution in [3.05, 3.63) is 40.4 Å². The molecule has 0 bridgehead atoms. The van der Waals surface area contributed by atoms with Crippen molar-refractivity contribution in [1.82, 2.24) is 0 Å². The summed E-state index contributed by atoms with van der Waals surface area (Å²) in [5.74, 6) is 4.44. The van der Waals surface area contributed by atoms with Crippen molar-refractivity contribution in [3.8, 4) is 17.2 Å². The minimum Gasteiger partial charge on any atom is -0.495 e. The summed E-state index contributed by atoms with van der Waals surface area (Å²) >= 11 is 1.48. The lowest BCUT2D eigenvalue weighted by molar-refractivity contribution is -0.383. The molecule has 0 aromatic heterocycles. The molecule has 0 saturated heterocycles. The lowest BCUT2D eigenvalue weighted by atomic mass is 10.1. The maximum Gasteiger partial charge on any atom is 0.278 e. The number of hydrogen-bond donors (Lipinski definition) is 0. The molecule has 2 rings (SSSR count). The van der Waals surface area contributed by atoms with E-state index in [1.807, 2.05) is 12.1 Å². The van der Waals surface area contributed by atoms with E-state index in [1.54, 1.807) is 25.3 Å². The first-order valence-corrected chi connectivity index (χ1v) is 11.7. The molecule has 0 aliphatic carbocycles. The summed E-state index contributed by atoms with van der Waals surface area (Å²) in [6.07, 6.45) is 0. The Morgan fingerprint density at radius 1 is 1.26 bits per heavy atom. The molecule has 0 saturated carbocycles. The number of ether oxygens (including phenoxy) is 1. The first kappa shape index (κ1) is 17.4. The first-order chi connectivity index (χ1) is 10.8. The monoisotopic (exact) mass is 345 g/mol. The van der Waals surface area contributed by atoms with Crippen LogP contribution in [0.1, 0.15) is 0 Å². The van der Waals surface area contributed by atoms with Gasteiger partial charge in [-0.15, -0.1) is 17.3 Å². The van der Waals surface area contributed by atoms with Crippen LogP contribution in [0.2, 0.25) is 19.6 Å². The van der Waals surface area contributed by atoms with Gasteiger partial charge in [-0.2, -0.15) is 0 Å². The van der Waals surface area contributed by atoms with Crippen LogP contribution in [0.5, 0.6) is 5.75 Å². The number of fused-ring (bicyclic) bond motifs is 1. The summed E-state index contributed by atoms with van der Waals surface area (Å²) in [6, 6.07) is 8.82. The Hall–Kier alpha value is -1.97. The van der Waals surface area contributed by atoms with Crippen LogP contribution < -0.4 is 4.74 Å². The predicted octanol–water partition coefficient (Wildman–Crippen LogP) is 4.73. The molecule has 0 fully saturated rings. The highest BCUT2D eigenvalue weighted by atomic mass is 32.2. The van der Waals surface area contributed by atoms with Crippen molar-refractivity contribution in [2.75, 3.05) is 12.9 Å². The fraction of sp³-hybridized carbons (Fsp3) is 0.294. The molecule has 0 radical (unpaired) electrons. The minimum absolute atomic E-state index is 0.0991. The molecule has 0 spiro atoms. The van der Waals surface area contributed by atoms with E-state index >= 15 is 0 Å². The van der Waals surface area contributed by atoms with Gasteiger partial charge in [0.15, 0.2) is 0 Å². The van der Waals surface area contributed by atoms with Gasteiger partial charge in [-0.1, -0.05) is 43.8 Å². The smallest absolute Gasteiger partial charge is 0.278 e. The van der Waals surface area contributed by atoms with Crippen molar-refractivity contribution in [3.63, 3.8) is 0 Å². The van der Waals surface area contributed by atoms with Crippen LogP contribution in [0.15, 0.2) is 35.2 Å². The van der Waals surface area contributed by atoms with Crippen molar-refractivity contribution >= 4 is 36.3 Å². The van der Waals surface area contributed by atoms with Gasteiger partial charge in [-0.05, 0) is 6.07 Å². The number of rotatable bonds is 4. The zero-order valence-corrected chi connectivity index (χ0v) is 15.5. The molecule has 0 atom stereocenters. The van der Waals surface area contributed by atoms with Gasteiger partial charge in [-0.3, -0.25) is 10.1 Å². The molecule has 0 aliphatic heterocycles. The average Bonchev–Trinajstić information content (AvgIpc) is 2.49. The van der Waals surface area contributed by atoms with Crippen LogP contribution in [0.3, 0.4) is 0 Å². The van der Waals surface area contributed by atoms with Crippen molar-refractivity contribution in [2.45, 2.75) is 24.5 Å². The highest BCUT2D eigenvalue weighted by Gasteiger charge is 2.19. The summed E-state index contributed by atoms with van der Waals surface area (Å²) < 4.78 is 5.51. The van der Waals surface area contributed by atoms with Crippen molar-refractivity contribution in [1.29, 1.82) is 0 Å². The number of methoxy groups -OCH3 is 1. The number of benzene rings is 2. The van der Waals surface area contributed by atoms with Gasteiger partial charge in [-0.25, -0.2) is 0 Å². The van der Waals surface area contributed by atoms with Gasteiger partial charge in [0.05, 0.1) is 28.1 Å². The fourth-order valence-electron chi connectivity index (χ4n) is 2.19. The molecule has 6 heteroatoms. The number of thioether (sulfide) groups is 1. The maximum atomic E-state index is 11.4. The first-order valence-electron chi connectivity index (χ1n) is 7.20. The Kier molecular flexibility index (Phi) is 5.34. The van der Waals surface area contributed by atoms with E-state index in [0.717, 1.165) is 10.3 Å². The Balaban J connectivity index is 2.46. The second-order valence-corrected chi connectivity index (χ2v) is 11.8. The molecule has 2 aromatic carbocycles. The van der Waals surface area contributed by atoms with E-state index in [4.69, 9.17) is 4.74 Å². The molecule has 0 unspecified atom stereocenters. The average molecular weight is 345 g/mol. The topological polar surface area (TPSA) is 52.4 Å². The Bertz CT molecular complexity index is 803. The molecule has 120 valence electrons. The Labute approximate surface area is 141 Å². The third kappa shape index (κ3) is 4.27. The Morgan fingerprint density at radius 3 is 2.48 bits per heavy atom. The standard InChI is InChI=1S/C17H19NO3SSi/c1-21-17-14-9-6-5-8-13(14)15(18(19)20)12-16(17)22-10-7-11-23(2,3)4/h5-6,8-9,12H,10H2,1-4H3. The number of nitro benzene ring substituents is 1. The van der Waals surface area contributed by atoms with Gasteiger partial charge < -0.3 is 4.74 Å². The van der Waals surface area contributed by atoms with E-state index in [1.165, 1.54) is 11.8 Å². The molecule has 2 aromatic rings. The molecule has 4 nitrogen and oxygen atoms in total. The zero-order valence-electron chi connectivity index (χ0n) is 13.7. The van der Waals surface area contributed by atoms with Crippen LogP contribution in [-0.4, -0.2) is 25.9 Å². The molecule has 23 heavy (non-hydrogen) atoms. The van der Waals surface area contributed by atoms with Crippen LogP contribution in [0, 0.1) is 21.6 Å². The number of nitro groups is 1. The number of nitrogens with zero attached hydrogens (tertiary/aromatic N) is 1. The summed E-state index contributed by atoms with van der Waals surface area (Å²) in [6.45, 7) is 6.56. The van der Waals surface area contributed by atoms with Crippen LogP contribution in [0.4, 0.5) is 5.69 Å². The molecule has 0 aliphatic rings. The third-order valence-corrected chi connectivity index (χ3v) is 4.93. The number of hydrogen-bond acceptors (Lipinski definition) is 4. The van der Waals surface area contributed by atoms with E-state index < -0.39 is 8.07 Å². The maximum absolute atomic E-state index is 11.4. The van der Waals surface area contributed by atoms with E-state index in [9.17, 15) is 10.1 Å². The second-order valence-electron chi connectivity index (χ2n) is 6.07. The zero-order chi connectivity index (χ0) is 17.0. The lowest BCUT2D eigenvalue weighted by Gasteiger charge is -2.11. The second kappa shape index (κ2) is 7.07. The van der Waals surface area contributed by atoms with E-state index in [0.29, 0.717) is 16.9 Å². The van der Waals surface area contributed by atoms with Crippen LogP contribution >= 0.6 is 11.8 Å². The normalized spacial score (nSPS) is 11.0. The summed E-state index contributed by atoms with van der Waals surface area (Å²) in [5.41, 5.74) is 3.40. The van der Waals surface area contributed by atoms with Crippen LogP contribution in [-0.2, 0) is 0 Å². The van der Waals surface area contributed by atoms with E-state index in [2.05, 4.69) is 31.1 Å². The van der Waals surface area contributed by atoms with Gasteiger partial charge in [0, 0.05) is 11.5 Å². The van der Waals surface area contributed by atoms with Crippen molar-refractivity contribution in [2.24, 2.45) is 0 Å². The SMILES string of the molecule is COc1c(SCC#C[Si](C)(C)C)cc([N+](=O)[O-])c2ccccc12. The Morgan fingerprint density at radius 2 is 1.91 bits per heavy atom. The fourth-order valence-corrected chi connectivity index (χ4v) is 3.75. The quantitative estimate of drug-likeness (QED) is 0.264. The van der Waals surface area contributed by atoms with E-state index in [-0.39, 0.29) is 10.6 Å². The summed E-state index contributed by atoms with van der Waals surface area (Å²) in [4.78, 5) is 11.8. The lowest BCUT2D eigenvalue weighted by Crippen LogP contribution is -2.16. The molecular formula is C17H19NO3SSi. The van der Waals surface area contributed by atoms with Gasteiger partial charge >= 0.3 is 0 Å². The predicted molar refractivity (Wildman–Crippen MR) is 99.0 cm³/mol. The van der Waals surface area contributed by atoms with Gasteiger partial charge in [0.1, 0.15) is 13.8 Å². The highest BCUT2D eigenvalue weighted by molar-refractivity contribution is 7.99. The number of non-ortho nitro benzene ring substituents is 1. The summed E-state index contributed by atoms with van der Waals surface area (Å²) in [7, 11) is 0.185. The molecule has 0 amide bonds. The molecule has 0 N–H and O–H groups in total. The third-order valence-electron chi connectivity index (χ3n) is 3.10. The summed E-state index contributed by atoms with van der Waals surface area (Å²) in [5, 5.41) is 12.7. The molecule has 0 heterocycles. The van der Waals surface area contributed by atoms with Crippen molar-refractivity contribution < 1.29 is 9.66 Å².